The van der Waals surface area contributed by atoms with Gasteiger partial charge >= 0.3 is 0 Å². The minimum Gasteiger partial charge on any atom is -0.496 e. The smallest absolute Gasteiger partial charge is 0.259 e. The molecule has 0 aliphatic carbocycles. The second-order valence-corrected chi connectivity index (χ2v) is 15.2. The summed E-state index contributed by atoms with van der Waals surface area (Å²) >= 11 is 0. The molecule has 6 heteroatoms. The Bertz CT molecular complexity index is 1380. The van der Waals surface area contributed by atoms with Crippen molar-refractivity contribution in [1.82, 2.24) is 4.98 Å². The van der Waals surface area contributed by atoms with Gasteiger partial charge in [-0.15, -0.1) is 0 Å². The van der Waals surface area contributed by atoms with Gasteiger partial charge in [0.25, 0.3) is 5.91 Å². The highest BCUT2D eigenvalue weighted by Gasteiger charge is 2.26. The maximum atomic E-state index is 15.7. The minimum absolute atomic E-state index is 0.0132. The van der Waals surface area contributed by atoms with Crippen molar-refractivity contribution in [2.24, 2.45) is 5.41 Å². The number of anilines is 1. The first kappa shape index (κ1) is 42.2. The molecule has 0 aliphatic rings. The number of hydrogen-bond acceptors (Lipinski definition) is 4. The number of ether oxygens (including phenoxy) is 2. The van der Waals surface area contributed by atoms with Crippen LogP contribution in [0.4, 0.5) is 10.2 Å². The number of aryl methyl sites for hydroxylation is 1. The summed E-state index contributed by atoms with van der Waals surface area (Å²) in [6.45, 7) is 7.83. The molecule has 0 aliphatic heterocycles. The van der Waals surface area contributed by atoms with Crippen molar-refractivity contribution in [2.75, 3.05) is 19.0 Å². The molecule has 1 aromatic heterocycles. The predicted octanol–water partition coefficient (Wildman–Crippen LogP) is 13.0. The number of halogens is 1. The molecule has 0 fully saturated rings. The molecule has 0 saturated heterocycles. The van der Waals surface area contributed by atoms with Gasteiger partial charge in [-0.1, -0.05) is 159 Å². The lowest BCUT2D eigenvalue weighted by molar-refractivity contribution is 0.102. The molecular formula is C45H67FN2O3. The fourth-order valence-electron chi connectivity index (χ4n) is 6.90. The van der Waals surface area contributed by atoms with E-state index in [-0.39, 0.29) is 11.0 Å². The van der Waals surface area contributed by atoms with Gasteiger partial charge in [0, 0.05) is 17.9 Å². The van der Waals surface area contributed by atoms with Crippen LogP contribution in [-0.4, -0.2) is 24.6 Å². The zero-order chi connectivity index (χ0) is 36.6. The van der Waals surface area contributed by atoms with Gasteiger partial charge < -0.3 is 14.8 Å². The molecule has 1 N–H and O–H groups in total. The predicted molar refractivity (Wildman–Crippen MR) is 211 cm³/mol. The van der Waals surface area contributed by atoms with Crippen molar-refractivity contribution in [2.45, 2.75) is 156 Å². The second-order valence-electron chi connectivity index (χ2n) is 15.2. The average molecular weight is 703 g/mol. The number of pyridine rings is 1. The molecule has 0 spiro atoms. The quantitative estimate of drug-likeness (QED) is 0.0765. The fourth-order valence-corrected chi connectivity index (χ4v) is 6.90. The van der Waals surface area contributed by atoms with Gasteiger partial charge in [-0.2, -0.15) is 0 Å². The molecule has 2 aromatic carbocycles. The van der Waals surface area contributed by atoms with E-state index in [2.05, 4.69) is 48.4 Å². The van der Waals surface area contributed by atoms with E-state index in [0.717, 1.165) is 31.7 Å². The van der Waals surface area contributed by atoms with Gasteiger partial charge in [0.15, 0.2) is 0 Å². The van der Waals surface area contributed by atoms with Crippen LogP contribution < -0.4 is 10.1 Å². The number of nitrogens with one attached hydrogen (secondary N) is 1. The Morgan fingerprint density at radius 3 is 1.80 bits per heavy atom. The van der Waals surface area contributed by atoms with Crippen LogP contribution in [0.2, 0.25) is 0 Å². The van der Waals surface area contributed by atoms with Crippen molar-refractivity contribution < 1.29 is 18.7 Å². The van der Waals surface area contributed by atoms with Gasteiger partial charge in [-0.05, 0) is 61.4 Å². The van der Waals surface area contributed by atoms with Crippen LogP contribution in [0.25, 0.3) is 0 Å². The van der Waals surface area contributed by atoms with E-state index in [0.29, 0.717) is 23.6 Å². The number of hydrogen-bond donors (Lipinski definition) is 1. The molecule has 282 valence electrons. The van der Waals surface area contributed by atoms with Crippen LogP contribution in [0.3, 0.4) is 0 Å². The van der Waals surface area contributed by atoms with Crippen LogP contribution in [0.15, 0.2) is 60.7 Å². The second kappa shape index (κ2) is 24.9. The van der Waals surface area contributed by atoms with Crippen LogP contribution in [0, 0.1) is 18.2 Å². The number of rotatable bonds is 28. The van der Waals surface area contributed by atoms with Crippen molar-refractivity contribution in [3.8, 4) is 5.75 Å². The molecule has 0 radical (unpaired) electrons. The van der Waals surface area contributed by atoms with Crippen molar-refractivity contribution in [3.05, 3.63) is 88.9 Å². The van der Waals surface area contributed by atoms with E-state index in [9.17, 15) is 4.79 Å². The van der Waals surface area contributed by atoms with Gasteiger partial charge in [0.1, 0.15) is 17.4 Å². The first-order valence-electron chi connectivity index (χ1n) is 20.0. The largest absolute Gasteiger partial charge is 0.496 e. The van der Waals surface area contributed by atoms with Crippen LogP contribution >= 0.6 is 0 Å². The zero-order valence-electron chi connectivity index (χ0n) is 32.4. The number of unbranched alkanes of at least 4 members (excludes halogenated alkanes) is 17. The van der Waals surface area contributed by atoms with Crippen molar-refractivity contribution >= 4 is 11.7 Å². The highest BCUT2D eigenvalue weighted by atomic mass is 19.1. The molecule has 0 atom stereocenters. The number of carbonyl (C=O) groups is 1. The topological polar surface area (TPSA) is 60.5 Å². The van der Waals surface area contributed by atoms with Gasteiger partial charge in [-0.25, -0.2) is 9.37 Å². The van der Waals surface area contributed by atoms with Gasteiger partial charge in [0.05, 0.1) is 19.3 Å². The SMILES string of the molecule is COc1ccc(C(=O)Nc2cccc(C)n2)c(F)c1CC(C)(C)CCCCCCCCCCCCCCCCCCCCOCc1ccccc1. The van der Waals surface area contributed by atoms with E-state index < -0.39 is 11.7 Å². The molecule has 1 heterocycles. The van der Waals surface area contributed by atoms with E-state index >= 15 is 4.39 Å². The summed E-state index contributed by atoms with van der Waals surface area (Å²) in [7, 11) is 1.55. The zero-order valence-corrected chi connectivity index (χ0v) is 32.4. The molecule has 0 bridgehead atoms. The Morgan fingerprint density at radius 2 is 1.25 bits per heavy atom. The number of nitrogens with zero attached hydrogens (tertiary/aromatic N) is 1. The molecule has 3 rings (SSSR count). The summed E-state index contributed by atoms with van der Waals surface area (Å²) < 4.78 is 27.0. The summed E-state index contributed by atoms with van der Waals surface area (Å²) in [5.41, 5.74) is 2.42. The third-order valence-corrected chi connectivity index (χ3v) is 9.95. The Kier molecular flexibility index (Phi) is 20.5. The van der Waals surface area contributed by atoms with Crippen LogP contribution in [-0.2, 0) is 17.8 Å². The Labute approximate surface area is 309 Å². The third-order valence-electron chi connectivity index (χ3n) is 9.95. The molecule has 0 saturated carbocycles. The molecule has 1 amide bonds. The first-order valence-corrected chi connectivity index (χ1v) is 20.0. The standard InChI is InChI=1S/C45H67FN2O3/c1-37-27-26-30-42(47-37)48-44(49)39-31-32-41(50-4)40(43(39)46)35-45(2,3)33-24-19-17-15-13-11-9-7-5-6-8-10-12-14-16-18-20-25-34-51-36-38-28-22-21-23-29-38/h21-23,26-32H,5-20,24-25,33-36H2,1-4H3,(H,47,48,49). The lowest BCUT2D eigenvalue weighted by atomic mass is 9.80. The number of methoxy groups -OCH3 is 1. The maximum absolute atomic E-state index is 15.7. The van der Waals surface area contributed by atoms with E-state index in [1.165, 1.54) is 121 Å². The minimum atomic E-state index is -0.508. The summed E-state index contributed by atoms with van der Waals surface area (Å²) in [6, 6.07) is 19.0. The van der Waals surface area contributed by atoms with E-state index in [1.54, 1.807) is 19.2 Å². The van der Waals surface area contributed by atoms with E-state index in [1.807, 2.05) is 25.1 Å². The van der Waals surface area contributed by atoms with Gasteiger partial charge in [-0.3, -0.25) is 4.79 Å². The Hall–Kier alpha value is -3.25. The number of carbonyl (C=O) groups excluding carboxylic acids is 1. The third kappa shape index (κ3) is 17.7. The monoisotopic (exact) mass is 703 g/mol. The Balaban J connectivity index is 1.14. The molecular weight excluding hydrogens is 636 g/mol. The summed E-state index contributed by atoms with van der Waals surface area (Å²) in [5, 5.41) is 2.73. The normalized spacial score (nSPS) is 11.5. The molecule has 3 aromatic rings. The van der Waals surface area contributed by atoms with Gasteiger partial charge in [0.2, 0.25) is 0 Å². The Morgan fingerprint density at radius 1 is 0.706 bits per heavy atom. The summed E-state index contributed by atoms with van der Waals surface area (Å²) in [5.74, 6) is -0.110. The highest BCUT2D eigenvalue weighted by molar-refractivity contribution is 6.04. The molecule has 5 nitrogen and oxygen atoms in total. The lowest BCUT2D eigenvalue weighted by Gasteiger charge is -2.26. The van der Waals surface area contributed by atoms with Crippen molar-refractivity contribution in [3.63, 3.8) is 0 Å². The maximum Gasteiger partial charge on any atom is 0.259 e. The first-order chi connectivity index (χ1) is 24.8. The summed E-state index contributed by atoms with van der Waals surface area (Å²) in [4.78, 5) is 17.2. The van der Waals surface area contributed by atoms with Crippen molar-refractivity contribution in [1.29, 1.82) is 0 Å². The highest BCUT2D eigenvalue weighted by Crippen LogP contribution is 2.35. The average Bonchev–Trinajstić information content (AvgIpc) is 3.11. The summed E-state index contributed by atoms with van der Waals surface area (Å²) in [6.07, 6.45) is 25.4. The fraction of sp³-hybridized carbons (Fsp3) is 0.600. The van der Waals surface area contributed by atoms with Crippen LogP contribution in [0.5, 0.6) is 5.75 Å². The van der Waals surface area contributed by atoms with Crippen LogP contribution in [0.1, 0.15) is 163 Å². The number of benzene rings is 2. The number of aromatic nitrogens is 1. The van der Waals surface area contributed by atoms with E-state index in [4.69, 9.17) is 9.47 Å². The number of amides is 1. The molecule has 0 unspecified atom stereocenters. The molecule has 51 heavy (non-hydrogen) atoms. The lowest BCUT2D eigenvalue weighted by Crippen LogP contribution is -2.20.